The van der Waals surface area contributed by atoms with Crippen LogP contribution < -0.4 is 5.32 Å². The molecule has 1 saturated heterocycles. The van der Waals surface area contributed by atoms with Gasteiger partial charge in [-0.05, 0) is 49.6 Å². The van der Waals surface area contributed by atoms with E-state index in [-0.39, 0.29) is 10.1 Å². The van der Waals surface area contributed by atoms with Crippen LogP contribution in [-0.2, 0) is 21.4 Å². The highest BCUT2D eigenvalue weighted by molar-refractivity contribution is 7.91. The summed E-state index contributed by atoms with van der Waals surface area (Å²) in [7, 11) is -3.65. The lowest BCUT2D eigenvalue weighted by atomic mass is 10.1. The number of hydrogen-bond acceptors (Lipinski definition) is 5. The van der Waals surface area contributed by atoms with E-state index in [2.05, 4.69) is 5.32 Å². The first-order chi connectivity index (χ1) is 12.4. The number of thiophene rings is 1. The van der Waals surface area contributed by atoms with Crippen LogP contribution in [0.5, 0.6) is 0 Å². The fourth-order valence-electron chi connectivity index (χ4n) is 2.96. The number of nitrogens with one attached hydrogen (secondary N) is 1. The maximum absolute atomic E-state index is 12.8. The molecule has 6 nitrogen and oxygen atoms in total. The lowest BCUT2D eigenvalue weighted by Crippen LogP contribution is -2.45. The van der Waals surface area contributed by atoms with Gasteiger partial charge in [-0.1, -0.05) is 12.1 Å². The summed E-state index contributed by atoms with van der Waals surface area (Å²) < 4.78 is 27.3. The van der Waals surface area contributed by atoms with Crippen LogP contribution in [0.1, 0.15) is 28.8 Å². The van der Waals surface area contributed by atoms with Crippen LogP contribution >= 0.6 is 11.3 Å². The predicted molar refractivity (Wildman–Crippen MR) is 99.0 cm³/mol. The number of nitriles is 1. The van der Waals surface area contributed by atoms with Crippen LogP contribution in [-0.4, -0.2) is 31.2 Å². The van der Waals surface area contributed by atoms with Crippen molar-refractivity contribution in [2.75, 3.05) is 6.54 Å². The first-order valence-electron chi connectivity index (χ1n) is 8.27. The number of sulfonamides is 1. The van der Waals surface area contributed by atoms with Gasteiger partial charge in [0.25, 0.3) is 10.0 Å². The molecule has 0 bridgehead atoms. The Morgan fingerprint density at radius 1 is 1.31 bits per heavy atom. The minimum atomic E-state index is -3.65. The van der Waals surface area contributed by atoms with Crippen LogP contribution in [0.15, 0.2) is 40.6 Å². The molecule has 1 fully saturated rings. The van der Waals surface area contributed by atoms with E-state index in [1.807, 2.05) is 13.0 Å². The van der Waals surface area contributed by atoms with Crippen LogP contribution in [0.25, 0.3) is 0 Å². The molecule has 26 heavy (non-hydrogen) atoms. The molecule has 8 heteroatoms. The molecule has 2 heterocycles. The van der Waals surface area contributed by atoms with Crippen LogP contribution in [0.2, 0.25) is 0 Å². The molecule has 1 amide bonds. The molecule has 2 aromatic rings. The molecule has 0 radical (unpaired) electrons. The molecule has 1 N–H and O–H groups in total. The van der Waals surface area contributed by atoms with Crippen molar-refractivity contribution in [1.29, 1.82) is 5.26 Å². The molecule has 1 aromatic heterocycles. The standard InChI is InChI=1S/C18H19N3O3S2/c1-13-4-9-17(25-13)26(23,24)21-10-2-3-16(21)18(22)20-12-15-7-5-14(11-19)6-8-15/h4-9,16H,2-3,10,12H2,1H3,(H,20,22)/t16-/m0/s1. The van der Waals surface area contributed by atoms with E-state index in [1.165, 1.54) is 15.6 Å². The van der Waals surface area contributed by atoms with E-state index in [0.29, 0.717) is 31.5 Å². The summed E-state index contributed by atoms with van der Waals surface area (Å²) in [6, 6.07) is 11.7. The molecular weight excluding hydrogens is 370 g/mol. The maximum atomic E-state index is 12.8. The highest BCUT2D eigenvalue weighted by atomic mass is 32.2. The summed E-state index contributed by atoms with van der Waals surface area (Å²) in [6.07, 6.45) is 1.18. The topological polar surface area (TPSA) is 90.3 Å². The Kier molecular flexibility index (Phi) is 5.41. The van der Waals surface area contributed by atoms with Crippen molar-refractivity contribution in [3.63, 3.8) is 0 Å². The fourth-order valence-corrected chi connectivity index (χ4v) is 6.03. The molecule has 1 aliphatic heterocycles. The van der Waals surface area contributed by atoms with E-state index < -0.39 is 16.1 Å². The van der Waals surface area contributed by atoms with Crippen molar-refractivity contribution >= 4 is 27.3 Å². The smallest absolute Gasteiger partial charge is 0.253 e. The van der Waals surface area contributed by atoms with E-state index >= 15 is 0 Å². The van der Waals surface area contributed by atoms with Crippen LogP contribution in [0.3, 0.4) is 0 Å². The van der Waals surface area contributed by atoms with E-state index in [1.54, 1.807) is 36.4 Å². The Morgan fingerprint density at radius 2 is 2.04 bits per heavy atom. The van der Waals surface area contributed by atoms with Gasteiger partial charge in [-0.25, -0.2) is 8.42 Å². The normalized spacial score (nSPS) is 17.8. The lowest BCUT2D eigenvalue weighted by molar-refractivity contribution is -0.124. The molecule has 3 rings (SSSR count). The largest absolute Gasteiger partial charge is 0.351 e. The van der Waals surface area contributed by atoms with E-state index in [0.717, 1.165) is 10.4 Å². The number of aryl methyl sites for hydroxylation is 1. The molecule has 0 unspecified atom stereocenters. The number of carbonyl (C=O) groups excluding carboxylic acids is 1. The monoisotopic (exact) mass is 389 g/mol. The molecule has 1 aromatic carbocycles. The van der Waals surface area contributed by atoms with Crippen molar-refractivity contribution < 1.29 is 13.2 Å². The first-order valence-corrected chi connectivity index (χ1v) is 10.5. The second kappa shape index (κ2) is 7.58. The van der Waals surface area contributed by atoms with Crippen molar-refractivity contribution in [2.24, 2.45) is 0 Å². The number of benzene rings is 1. The van der Waals surface area contributed by atoms with Gasteiger partial charge in [0, 0.05) is 18.0 Å². The highest BCUT2D eigenvalue weighted by Crippen LogP contribution is 2.30. The van der Waals surface area contributed by atoms with Gasteiger partial charge in [-0.2, -0.15) is 9.57 Å². The van der Waals surface area contributed by atoms with Gasteiger partial charge < -0.3 is 5.32 Å². The average Bonchev–Trinajstić information content (AvgIpc) is 3.30. The van der Waals surface area contributed by atoms with Gasteiger partial charge in [-0.3, -0.25) is 4.79 Å². The minimum absolute atomic E-state index is 0.279. The van der Waals surface area contributed by atoms with Crippen molar-refractivity contribution in [3.05, 3.63) is 52.4 Å². The Bertz CT molecular complexity index is 943. The third-order valence-corrected chi connectivity index (χ3v) is 7.71. The third kappa shape index (κ3) is 3.80. The maximum Gasteiger partial charge on any atom is 0.253 e. The van der Waals surface area contributed by atoms with Gasteiger partial charge in [0.1, 0.15) is 10.3 Å². The molecular formula is C18H19N3O3S2. The third-order valence-electron chi connectivity index (χ3n) is 4.33. The Labute approximate surface area is 157 Å². The molecule has 0 spiro atoms. The zero-order chi connectivity index (χ0) is 18.7. The Balaban J connectivity index is 1.69. The van der Waals surface area contributed by atoms with Crippen molar-refractivity contribution in [2.45, 2.75) is 36.6 Å². The number of hydrogen-bond donors (Lipinski definition) is 1. The summed E-state index contributed by atoms with van der Waals surface area (Å²) in [4.78, 5) is 13.5. The zero-order valence-corrected chi connectivity index (χ0v) is 15.9. The van der Waals surface area contributed by atoms with E-state index in [9.17, 15) is 13.2 Å². The van der Waals surface area contributed by atoms with Gasteiger partial charge in [-0.15, -0.1) is 11.3 Å². The molecule has 136 valence electrons. The van der Waals surface area contributed by atoms with Crippen molar-refractivity contribution in [1.82, 2.24) is 9.62 Å². The SMILES string of the molecule is Cc1ccc(S(=O)(=O)N2CCC[C@H]2C(=O)NCc2ccc(C#N)cc2)s1. The van der Waals surface area contributed by atoms with Gasteiger partial charge in [0.15, 0.2) is 0 Å². The summed E-state index contributed by atoms with van der Waals surface area (Å²) >= 11 is 1.22. The molecule has 0 saturated carbocycles. The Morgan fingerprint density at radius 3 is 2.65 bits per heavy atom. The van der Waals surface area contributed by atoms with Crippen LogP contribution in [0, 0.1) is 18.3 Å². The molecule has 0 aliphatic carbocycles. The summed E-state index contributed by atoms with van der Waals surface area (Å²) in [6.45, 7) is 2.51. The number of nitrogens with zero attached hydrogens (tertiary/aromatic N) is 2. The number of amides is 1. The molecule has 1 atom stereocenters. The summed E-state index contributed by atoms with van der Waals surface area (Å²) in [5, 5.41) is 11.6. The lowest BCUT2D eigenvalue weighted by Gasteiger charge is -2.22. The fraction of sp³-hybridized carbons (Fsp3) is 0.333. The quantitative estimate of drug-likeness (QED) is 0.850. The predicted octanol–water partition coefficient (Wildman–Crippen LogP) is 2.40. The average molecular weight is 390 g/mol. The molecule has 1 aliphatic rings. The van der Waals surface area contributed by atoms with Gasteiger partial charge >= 0.3 is 0 Å². The summed E-state index contributed by atoms with van der Waals surface area (Å²) in [5.41, 5.74) is 1.41. The van der Waals surface area contributed by atoms with Gasteiger partial charge in [0.2, 0.25) is 5.91 Å². The second-order valence-electron chi connectivity index (χ2n) is 6.17. The number of rotatable bonds is 5. The zero-order valence-electron chi connectivity index (χ0n) is 14.3. The Hall–Kier alpha value is -2.21. The highest BCUT2D eigenvalue weighted by Gasteiger charge is 2.39. The summed E-state index contributed by atoms with van der Waals surface area (Å²) in [5.74, 6) is -0.288. The van der Waals surface area contributed by atoms with Crippen molar-refractivity contribution in [3.8, 4) is 6.07 Å². The van der Waals surface area contributed by atoms with E-state index in [4.69, 9.17) is 5.26 Å². The minimum Gasteiger partial charge on any atom is -0.351 e. The second-order valence-corrected chi connectivity index (χ2v) is 9.57. The van der Waals surface area contributed by atoms with Crippen LogP contribution in [0.4, 0.5) is 0 Å². The first kappa shape index (κ1) is 18.6. The van der Waals surface area contributed by atoms with Gasteiger partial charge in [0.05, 0.1) is 11.6 Å². The number of carbonyl (C=O) groups is 1.